The van der Waals surface area contributed by atoms with Crippen molar-refractivity contribution in [1.82, 2.24) is 24.7 Å². The lowest BCUT2D eigenvalue weighted by Crippen LogP contribution is -2.45. The Morgan fingerprint density at radius 2 is 1.68 bits per heavy atom. The fraction of sp³-hybridized carbons (Fsp3) is 0.281. The molecule has 2 amide bonds. The molecule has 1 fully saturated rings. The molecule has 4 bridgehead atoms. The number of rotatable bonds is 6. The lowest BCUT2D eigenvalue weighted by Gasteiger charge is -2.22. The summed E-state index contributed by atoms with van der Waals surface area (Å²) in [5.74, 6) is 0.494. The second kappa shape index (κ2) is 13.2. The fourth-order valence-corrected chi connectivity index (χ4v) is 7.08. The summed E-state index contributed by atoms with van der Waals surface area (Å²) in [5, 5.41) is 9.94. The summed E-state index contributed by atoms with van der Waals surface area (Å²) < 4.78 is 59.7. The normalized spacial score (nSPS) is 18.6. The van der Waals surface area contributed by atoms with Gasteiger partial charge in [-0.2, -0.15) is 9.40 Å². The number of nitrogens with one attached hydrogen (secondary N) is 2. The number of aromatic nitrogens is 2. The van der Waals surface area contributed by atoms with E-state index in [9.17, 15) is 18.0 Å². The summed E-state index contributed by atoms with van der Waals surface area (Å²) >= 11 is 0. The summed E-state index contributed by atoms with van der Waals surface area (Å²) in [6, 6.07) is 15.4. The molecule has 47 heavy (non-hydrogen) atoms. The molecular weight excluding hydrogens is 630 g/mol. The Morgan fingerprint density at radius 1 is 0.894 bits per heavy atom. The molecule has 0 radical (unpaired) electrons. The van der Waals surface area contributed by atoms with Gasteiger partial charge in [0.2, 0.25) is 10.0 Å². The molecule has 0 unspecified atom stereocenters. The molecule has 4 aromatic rings. The predicted molar refractivity (Wildman–Crippen MR) is 168 cm³/mol. The van der Waals surface area contributed by atoms with Gasteiger partial charge in [-0.1, -0.05) is 6.07 Å². The van der Waals surface area contributed by atoms with E-state index in [0.29, 0.717) is 22.9 Å². The predicted octanol–water partition coefficient (Wildman–Crippen LogP) is 2.16. The molecule has 3 aliphatic heterocycles. The number of ether oxygens (including phenoxy) is 5. The highest BCUT2D eigenvalue weighted by Gasteiger charge is 2.43. The molecule has 15 heteroatoms. The first-order valence-electron chi connectivity index (χ1n) is 14.6. The van der Waals surface area contributed by atoms with Gasteiger partial charge in [-0.15, -0.1) is 0 Å². The first-order chi connectivity index (χ1) is 22.7. The fourth-order valence-electron chi connectivity index (χ4n) is 5.42. The van der Waals surface area contributed by atoms with Gasteiger partial charge in [0, 0.05) is 31.0 Å². The van der Waals surface area contributed by atoms with Crippen molar-refractivity contribution in [2.45, 2.75) is 23.6 Å². The van der Waals surface area contributed by atoms with Crippen LogP contribution in [0.2, 0.25) is 0 Å². The maximum atomic E-state index is 14.2. The molecule has 1 aromatic heterocycles. The zero-order valence-corrected chi connectivity index (χ0v) is 26.7. The number of carbonyl (C=O) groups is 2. The van der Waals surface area contributed by atoms with Gasteiger partial charge in [-0.3, -0.25) is 9.59 Å². The van der Waals surface area contributed by atoms with E-state index in [1.807, 2.05) is 0 Å². The van der Waals surface area contributed by atoms with Crippen LogP contribution in [0.1, 0.15) is 15.9 Å². The highest BCUT2D eigenvalue weighted by atomic mass is 32.2. The number of hydrogen-bond acceptors (Lipinski definition) is 10. The molecule has 7 rings (SSSR count). The van der Waals surface area contributed by atoms with Crippen molar-refractivity contribution in [1.29, 1.82) is 0 Å². The summed E-state index contributed by atoms with van der Waals surface area (Å²) in [4.78, 5) is 26.1. The number of hydrogen-bond donors (Lipinski definition) is 2. The Hall–Kier alpha value is -5.28. The zero-order valence-electron chi connectivity index (χ0n) is 25.8. The van der Waals surface area contributed by atoms with Gasteiger partial charge < -0.3 is 34.3 Å². The second-order valence-corrected chi connectivity index (χ2v) is 12.7. The third-order valence-corrected chi connectivity index (χ3v) is 9.72. The Morgan fingerprint density at radius 3 is 2.43 bits per heavy atom. The van der Waals surface area contributed by atoms with E-state index in [1.54, 1.807) is 65.6 Å². The van der Waals surface area contributed by atoms with Crippen LogP contribution in [0.3, 0.4) is 0 Å². The van der Waals surface area contributed by atoms with Crippen LogP contribution < -0.4 is 34.3 Å². The number of nitrogens with zero attached hydrogens (tertiary/aromatic N) is 3. The maximum Gasteiger partial charge on any atom is 0.258 e. The van der Waals surface area contributed by atoms with Gasteiger partial charge in [0.15, 0.2) is 29.6 Å². The second-order valence-electron chi connectivity index (χ2n) is 10.8. The van der Waals surface area contributed by atoms with E-state index < -0.39 is 28.1 Å². The third kappa shape index (κ3) is 6.53. The lowest BCUT2D eigenvalue weighted by molar-refractivity contribution is -0.123. The Labute approximate surface area is 271 Å². The Balaban J connectivity index is 1.38. The summed E-state index contributed by atoms with van der Waals surface area (Å²) in [7, 11) is 0.149. The summed E-state index contributed by atoms with van der Waals surface area (Å²) in [6.07, 6.45) is 2.47. The van der Waals surface area contributed by atoms with E-state index >= 15 is 0 Å². The first kappa shape index (κ1) is 31.7. The van der Waals surface area contributed by atoms with Crippen LogP contribution in [0.4, 0.5) is 0 Å². The number of amides is 2. The molecule has 2 N–H and O–H groups in total. The minimum absolute atomic E-state index is 0.0610. The molecule has 3 aliphatic rings. The number of fused-ring (bicyclic) bond motifs is 7. The van der Waals surface area contributed by atoms with E-state index in [1.165, 1.54) is 37.8 Å². The molecule has 1 saturated heterocycles. The molecule has 246 valence electrons. The van der Waals surface area contributed by atoms with Gasteiger partial charge in [0.25, 0.3) is 11.8 Å². The van der Waals surface area contributed by atoms with Crippen molar-refractivity contribution < 1.29 is 41.7 Å². The van der Waals surface area contributed by atoms with Crippen LogP contribution in [0.15, 0.2) is 78.0 Å². The molecule has 2 atom stereocenters. The lowest BCUT2D eigenvalue weighted by atomic mass is 10.1. The minimum atomic E-state index is -4.17. The van der Waals surface area contributed by atoms with Gasteiger partial charge in [0.05, 0.1) is 39.6 Å². The van der Waals surface area contributed by atoms with E-state index in [4.69, 9.17) is 23.7 Å². The van der Waals surface area contributed by atoms with Gasteiger partial charge in [0.1, 0.15) is 16.7 Å². The average molecular weight is 664 g/mol. The molecule has 0 saturated carbocycles. The number of sulfonamides is 1. The molecular formula is C32H33N5O9S. The quantitative estimate of drug-likeness (QED) is 0.313. The van der Waals surface area contributed by atoms with Gasteiger partial charge >= 0.3 is 0 Å². The van der Waals surface area contributed by atoms with Crippen molar-refractivity contribution in [2.24, 2.45) is 0 Å². The van der Waals surface area contributed by atoms with E-state index in [-0.39, 0.29) is 54.1 Å². The van der Waals surface area contributed by atoms with E-state index in [2.05, 4.69) is 15.7 Å². The minimum Gasteiger partial charge on any atom is -0.495 e. The summed E-state index contributed by atoms with van der Waals surface area (Å²) in [5.41, 5.74) is 1.47. The van der Waals surface area contributed by atoms with Crippen molar-refractivity contribution in [2.75, 3.05) is 41.0 Å². The number of methoxy groups -OCH3 is 3. The summed E-state index contributed by atoms with van der Waals surface area (Å²) in [6.45, 7) is -0.331. The van der Waals surface area contributed by atoms with Crippen LogP contribution in [-0.2, 0) is 21.4 Å². The average Bonchev–Trinajstić information content (AvgIpc) is 3.77. The molecule has 4 heterocycles. The zero-order chi connectivity index (χ0) is 33.1. The molecule has 0 spiro atoms. The van der Waals surface area contributed by atoms with Crippen LogP contribution in [0.5, 0.6) is 28.7 Å². The largest absolute Gasteiger partial charge is 0.495 e. The monoisotopic (exact) mass is 663 g/mol. The van der Waals surface area contributed by atoms with Crippen LogP contribution in [0.25, 0.3) is 5.69 Å². The SMILES string of the molecule is COc1ccc2cc1OCC(=O)NCc1ccc(c(OC)c1)O[C@H]1CN(S(=O)(=O)c3cc(-n4cccn4)ccc3OC)C[C@@H]1NC2=O. The highest BCUT2D eigenvalue weighted by Crippen LogP contribution is 2.35. The highest BCUT2D eigenvalue weighted by molar-refractivity contribution is 7.89. The molecule has 14 nitrogen and oxygen atoms in total. The third-order valence-electron chi connectivity index (χ3n) is 7.86. The number of benzene rings is 3. The van der Waals surface area contributed by atoms with Crippen molar-refractivity contribution in [3.05, 3.63) is 84.2 Å². The van der Waals surface area contributed by atoms with Crippen molar-refractivity contribution in [3.8, 4) is 34.4 Å². The van der Waals surface area contributed by atoms with Crippen LogP contribution in [0, 0.1) is 0 Å². The number of carbonyl (C=O) groups excluding carboxylic acids is 2. The van der Waals surface area contributed by atoms with Gasteiger partial charge in [-0.05, 0) is 60.2 Å². The topological polar surface area (TPSA) is 160 Å². The van der Waals surface area contributed by atoms with Crippen molar-refractivity contribution >= 4 is 21.8 Å². The van der Waals surface area contributed by atoms with Crippen LogP contribution >= 0.6 is 0 Å². The van der Waals surface area contributed by atoms with E-state index in [0.717, 1.165) is 5.56 Å². The maximum absolute atomic E-state index is 14.2. The van der Waals surface area contributed by atoms with Crippen LogP contribution in [-0.4, -0.2) is 87.5 Å². The van der Waals surface area contributed by atoms with Crippen molar-refractivity contribution in [3.63, 3.8) is 0 Å². The molecule has 3 aromatic carbocycles. The molecule has 0 aliphatic carbocycles. The standard InChI is InChI=1S/C32H33N5O9S/c1-42-24-9-6-21-14-28(24)45-19-31(38)33-16-20-5-8-25(27(13-20)44-3)46-29-18-36(17-23(29)35-32(21)39)47(40,41)30-15-22(7-10-26(30)43-2)37-12-4-11-34-37/h4-15,23,29H,16-19H2,1-3H3,(H,33,38)(H,35,39)/t23-,29-/m0/s1. The smallest absolute Gasteiger partial charge is 0.258 e. The van der Waals surface area contributed by atoms with Gasteiger partial charge in [-0.25, -0.2) is 13.1 Å². The first-order valence-corrected chi connectivity index (χ1v) is 16.0. The Bertz CT molecular complexity index is 1900. The Kier molecular flexibility index (Phi) is 8.91.